The Bertz CT molecular complexity index is 263. The molecular formula is C7H9N3O2. The number of aromatic nitrogens is 2. The summed E-state index contributed by atoms with van der Waals surface area (Å²) < 4.78 is 0. The van der Waals surface area contributed by atoms with Gasteiger partial charge < -0.3 is 10.8 Å². The largest absolute Gasteiger partial charge is 0.481 e. The highest BCUT2D eigenvalue weighted by Crippen LogP contribution is 2.11. The number of carboxylic acids is 1. The van der Waals surface area contributed by atoms with Crippen LogP contribution in [0, 0.1) is 0 Å². The molecule has 1 atom stereocenters. The SMILES string of the molecule is NCC(C(=O)O)c1cncnc1. The number of carbonyl (C=O) groups is 1. The summed E-state index contributed by atoms with van der Waals surface area (Å²) in [5, 5.41) is 8.69. The molecular weight excluding hydrogens is 158 g/mol. The molecule has 1 unspecified atom stereocenters. The van der Waals surface area contributed by atoms with Crippen LogP contribution in [0.15, 0.2) is 18.7 Å². The normalized spacial score (nSPS) is 12.4. The van der Waals surface area contributed by atoms with Gasteiger partial charge in [-0.05, 0) is 0 Å². The number of hydrogen-bond donors (Lipinski definition) is 2. The highest BCUT2D eigenvalue weighted by Gasteiger charge is 2.17. The molecule has 0 radical (unpaired) electrons. The summed E-state index contributed by atoms with van der Waals surface area (Å²) >= 11 is 0. The van der Waals surface area contributed by atoms with Crippen LogP contribution in [0.1, 0.15) is 11.5 Å². The van der Waals surface area contributed by atoms with Crippen molar-refractivity contribution in [1.82, 2.24) is 9.97 Å². The third-order valence-electron chi connectivity index (χ3n) is 1.52. The van der Waals surface area contributed by atoms with Crippen LogP contribution < -0.4 is 5.73 Å². The van der Waals surface area contributed by atoms with Crippen molar-refractivity contribution in [2.24, 2.45) is 5.73 Å². The summed E-state index contributed by atoms with van der Waals surface area (Å²) in [5.41, 5.74) is 5.80. The molecule has 0 bridgehead atoms. The molecule has 5 heteroatoms. The fourth-order valence-corrected chi connectivity index (χ4v) is 0.870. The molecule has 0 saturated carbocycles. The van der Waals surface area contributed by atoms with Gasteiger partial charge >= 0.3 is 5.97 Å². The number of nitrogens with two attached hydrogens (primary N) is 1. The van der Waals surface area contributed by atoms with Crippen LogP contribution in [0.2, 0.25) is 0 Å². The fourth-order valence-electron chi connectivity index (χ4n) is 0.870. The Morgan fingerprint density at radius 1 is 1.58 bits per heavy atom. The molecule has 5 nitrogen and oxygen atoms in total. The average Bonchev–Trinajstić information content (AvgIpc) is 2.07. The molecule has 0 aromatic carbocycles. The van der Waals surface area contributed by atoms with E-state index in [1.165, 1.54) is 18.7 Å². The third-order valence-corrected chi connectivity index (χ3v) is 1.52. The first kappa shape index (κ1) is 8.61. The number of carboxylic acid groups (broad SMARTS) is 1. The second-order valence-corrected chi connectivity index (χ2v) is 2.30. The van der Waals surface area contributed by atoms with Gasteiger partial charge in [-0.15, -0.1) is 0 Å². The highest BCUT2D eigenvalue weighted by molar-refractivity contribution is 5.76. The van der Waals surface area contributed by atoms with Crippen molar-refractivity contribution in [3.05, 3.63) is 24.3 Å². The van der Waals surface area contributed by atoms with Gasteiger partial charge in [0.05, 0.1) is 5.92 Å². The molecule has 1 rings (SSSR count). The molecule has 1 aromatic rings. The Balaban J connectivity index is 2.88. The van der Waals surface area contributed by atoms with Crippen LogP contribution in [0.3, 0.4) is 0 Å². The summed E-state index contributed by atoms with van der Waals surface area (Å²) in [6.07, 6.45) is 4.26. The molecule has 0 spiro atoms. The Hall–Kier alpha value is -1.49. The lowest BCUT2D eigenvalue weighted by Gasteiger charge is -2.07. The lowest BCUT2D eigenvalue weighted by Crippen LogP contribution is -2.21. The number of rotatable bonds is 3. The van der Waals surface area contributed by atoms with Gasteiger partial charge in [-0.3, -0.25) is 4.79 Å². The van der Waals surface area contributed by atoms with E-state index in [0.29, 0.717) is 5.56 Å². The van der Waals surface area contributed by atoms with Crippen molar-refractivity contribution in [3.63, 3.8) is 0 Å². The molecule has 1 aromatic heterocycles. The fraction of sp³-hybridized carbons (Fsp3) is 0.286. The minimum atomic E-state index is -0.952. The van der Waals surface area contributed by atoms with Crippen molar-refractivity contribution in [3.8, 4) is 0 Å². The molecule has 12 heavy (non-hydrogen) atoms. The minimum absolute atomic E-state index is 0.0582. The van der Waals surface area contributed by atoms with Gasteiger partial charge in [0.1, 0.15) is 6.33 Å². The van der Waals surface area contributed by atoms with E-state index in [1.54, 1.807) is 0 Å². The van der Waals surface area contributed by atoms with Crippen LogP contribution in [-0.2, 0) is 4.79 Å². The molecule has 0 aliphatic heterocycles. The number of nitrogens with zero attached hydrogens (tertiary/aromatic N) is 2. The smallest absolute Gasteiger partial charge is 0.312 e. The Labute approximate surface area is 69.3 Å². The van der Waals surface area contributed by atoms with Crippen molar-refractivity contribution in [2.75, 3.05) is 6.54 Å². The second kappa shape index (κ2) is 3.77. The maximum absolute atomic E-state index is 10.6. The lowest BCUT2D eigenvalue weighted by atomic mass is 10.0. The first-order chi connectivity index (χ1) is 5.75. The summed E-state index contributed by atoms with van der Waals surface area (Å²) in [5.74, 6) is -1.65. The predicted octanol–water partition coefficient (Wildman–Crippen LogP) is -0.397. The lowest BCUT2D eigenvalue weighted by molar-refractivity contribution is -0.138. The zero-order chi connectivity index (χ0) is 8.97. The molecule has 0 saturated heterocycles. The van der Waals surface area contributed by atoms with Gasteiger partial charge in [0, 0.05) is 24.5 Å². The first-order valence-corrected chi connectivity index (χ1v) is 3.43. The van der Waals surface area contributed by atoms with Gasteiger partial charge in [0.2, 0.25) is 0 Å². The van der Waals surface area contributed by atoms with Crippen molar-refractivity contribution in [2.45, 2.75) is 5.92 Å². The molecule has 3 N–H and O–H groups in total. The number of hydrogen-bond acceptors (Lipinski definition) is 4. The van der Waals surface area contributed by atoms with E-state index in [9.17, 15) is 4.79 Å². The molecule has 0 amide bonds. The van der Waals surface area contributed by atoms with Gasteiger partial charge in [0.15, 0.2) is 0 Å². The van der Waals surface area contributed by atoms with Crippen LogP contribution in [0.5, 0.6) is 0 Å². The van der Waals surface area contributed by atoms with Crippen LogP contribution in [0.4, 0.5) is 0 Å². The quantitative estimate of drug-likeness (QED) is 0.639. The van der Waals surface area contributed by atoms with Crippen molar-refractivity contribution < 1.29 is 9.90 Å². The minimum Gasteiger partial charge on any atom is -0.481 e. The van der Waals surface area contributed by atoms with Crippen molar-refractivity contribution in [1.29, 1.82) is 0 Å². The summed E-state index contributed by atoms with van der Waals surface area (Å²) in [6, 6.07) is 0. The number of aliphatic carboxylic acids is 1. The van der Waals surface area contributed by atoms with Crippen LogP contribution >= 0.6 is 0 Å². The summed E-state index contributed by atoms with van der Waals surface area (Å²) in [4.78, 5) is 18.0. The summed E-state index contributed by atoms with van der Waals surface area (Å²) in [7, 11) is 0. The third kappa shape index (κ3) is 1.76. The monoisotopic (exact) mass is 167 g/mol. The average molecular weight is 167 g/mol. The van der Waals surface area contributed by atoms with E-state index in [2.05, 4.69) is 9.97 Å². The van der Waals surface area contributed by atoms with Crippen LogP contribution in [-0.4, -0.2) is 27.6 Å². The van der Waals surface area contributed by atoms with Gasteiger partial charge in [-0.1, -0.05) is 0 Å². The van der Waals surface area contributed by atoms with E-state index in [1.807, 2.05) is 0 Å². The standard InChI is InChI=1S/C7H9N3O2/c8-1-6(7(11)12)5-2-9-4-10-3-5/h2-4,6H,1,8H2,(H,11,12). The molecule has 0 fully saturated rings. The maximum Gasteiger partial charge on any atom is 0.312 e. The molecule has 0 aliphatic rings. The van der Waals surface area contributed by atoms with Gasteiger partial charge in [-0.2, -0.15) is 0 Å². The predicted molar refractivity (Wildman–Crippen MR) is 41.5 cm³/mol. The highest BCUT2D eigenvalue weighted by atomic mass is 16.4. The van der Waals surface area contributed by atoms with Crippen molar-refractivity contribution >= 4 is 5.97 Å². The summed E-state index contributed by atoms with van der Waals surface area (Å²) in [6.45, 7) is 0.0582. The van der Waals surface area contributed by atoms with Gasteiger partial charge in [-0.25, -0.2) is 9.97 Å². The van der Waals surface area contributed by atoms with Gasteiger partial charge in [0.25, 0.3) is 0 Å². The topological polar surface area (TPSA) is 89.1 Å². The second-order valence-electron chi connectivity index (χ2n) is 2.30. The first-order valence-electron chi connectivity index (χ1n) is 3.43. The van der Waals surface area contributed by atoms with E-state index >= 15 is 0 Å². The van der Waals surface area contributed by atoms with E-state index in [4.69, 9.17) is 10.8 Å². The Morgan fingerprint density at radius 3 is 2.58 bits per heavy atom. The maximum atomic E-state index is 10.6. The molecule has 1 heterocycles. The van der Waals surface area contributed by atoms with E-state index < -0.39 is 11.9 Å². The van der Waals surface area contributed by atoms with E-state index in [0.717, 1.165) is 0 Å². The molecule has 64 valence electrons. The van der Waals surface area contributed by atoms with Crippen LogP contribution in [0.25, 0.3) is 0 Å². The Kier molecular flexibility index (Phi) is 2.71. The Morgan fingerprint density at radius 2 is 2.17 bits per heavy atom. The zero-order valence-corrected chi connectivity index (χ0v) is 6.34. The molecule has 0 aliphatic carbocycles. The zero-order valence-electron chi connectivity index (χ0n) is 6.34. The van der Waals surface area contributed by atoms with E-state index in [-0.39, 0.29) is 6.54 Å².